The van der Waals surface area contributed by atoms with Gasteiger partial charge in [0, 0.05) is 25.2 Å². The molecule has 0 bridgehead atoms. The average molecular weight is 446 g/mol. The quantitative estimate of drug-likeness (QED) is 0.692. The highest BCUT2D eigenvalue weighted by atomic mass is 35.5. The number of hydrogen-bond acceptors (Lipinski definition) is 4. The van der Waals surface area contributed by atoms with E-state index in [0.717, 1.165) is 28.9 Å². The van der Waals surface area contributed by atoms with E-state index in [1.807, 2.05) is 40.0 Å². The van der Waals surface area contributed by atoms with Gasteiger partial charge in [-0.15, -0.1) is 12.4 Å². The van der Waals surface area contributed by atoms with Crippen LogP contribution in [-0.2, 0) is 16.1 Å². The average Bonchev–Trinajstić information content (AvgIpc) is 2.67. The van der Waals surface area contributed by atoms with Crippen LogP contribution in [0.15, 0.2) is 42.5 Å². The lowest BCUT2D eigenvalue weighted by atomic mass is 9.89. The fraction of sp³-hybridized carbons (Fsp3) is 0.417. The molecule has 2 amide bonds. The molecule has 2 N–H and O–H groups in total. The smallest absolute Gasteiger partial charge is 0.407 e. The van der Waals surface area contributed by atoms with Crippen molar-refractivity contribution in [1.29, 1.82) is 0 Å². The molecule has 7 heteroatoms. The zero-order chi connectivity index (χ0) is 21.8. The third-order valence-corrected chi connectivity index (χ3v) is 5.32. The lowest BCUT2D eigenvalue weighted by Gasteiger charge is -2.39. The first-order valence-electron chi connectivity index (χ1n) is 10.4. The van der Waals surface area contributed by atoms with Gasteiger partial charge < -0.3 is 20.3 Å². The van der Waals surface area contributed by atoms with Crippen LogP contribution in [-0.4, -0.2) is 31.2 Å². The van der Waals surface area contributed by atoms with E-state index in [-0.39, 0.29) is 36.5 Å². The number of hydrogen-bond donors (Lipinski definition) is 2. The second-order valence-corrected chi connectivity index (χ2v) is 8.13. The van der Waals surface area contributed by atoms with Crippen LogP contribution >= 0.6 is 12.4 Å². The molecule has 0 fully saturated rings. The first kappa shape index (κ1) is 24.7. The predicted octanol–water partition coefficient (Wildman–Crippen LogP) is 4.82. The molecule has 0 spiro atoms. The Morgan fingerprint density at radius 3 is 2.35 bits per heavy atom. The van der Waals surface area contributed by atoms with Gasteiger partial charge in [-0.1, -0.05) is 30.3 Å². The molecule has 0 unspecified atom stereocenters. The molecule has 2 aromatic rings. The topological polar surface area (TPSA) is 70.7 Å². The number of nitrogens with zero attached hydrogens (tertiary/aromatic N) is 1. The summed E-state index contributed by atoms with van der Waals surface area (Å²) in [7, 11) is 1.93. The number of fused-ring (bicyclic) bond motifs is 1. The fourth-order valence-electron chi connectivity index (χ4n) is 4.07. The van der Waals surface area contributed by atoms with Crippen molar-refractivity contribution in [2.45, 2.75) is 58.8 Å². The van der Waals surface area contributed by atoms with Crippen LogP contribution in [0.3, 0.4) is 0 Å². The molecule has 0 aromatic heterocycles. The second kappa shape index (κ2) is 10.6. The summed E-state index contributed by atoms with van der Waals surface area (Å²) in [4.78, 5) is 26.4. The number of nitrogens with one attached hydrogen (secondary N) is 2. The highest BCUT2D eigenvalue weighted by Gasteiger charge is 2.33. The highest BCUT2D eigenvalue weighted by molar-refractivity contribution is 5.94. The Labute approximate surface area is 190 Å². The maximum absolute atomic E-state index is 12.3. The Bertz CT molecular complexity index is 915. The van der Waals surface area contributed by atoms with E-state index in [1.165, 1.54) is 5.56 Å². The first-order chi connectivity index (χ1) is 14.3. The van der Waals surface area contributed by atoms with Gasteiger partial charge in [0.15, 0.2) is 0 Å². The molecule has 6 nitrogen and oxygen atoms in total. The van der Waals surface area contributed by atoms with Gasteiger partial charge in [0.2, 0.25) is 5.91 Å². The van der Waals surface area contributed by atoms with Crippen molar-refractivity contribution in [3.8, 4) is 11.1 Å². The number of ether oxygens (including phenoxy) is 1. The largest absolute Gasteiger partial charge is 0.447 e. The number of carbonyl (C=O) groups excluding carboxylic acids is 2. The fourth-order valence-corrected chi connectivity index (χ4v) is 4.07. The van der Waals surface area contributed by atoms with Crippen molar-refractivity contribution in [2.24, 2.45) is 0 Å². The molecular weight excluding hydrogens is 414 g/mol. The summed E-state index contributed by atoms with van der Waals surface area (Å²) in [6.07, 6.45) is -0.00226. The van der Waals surface area contributed by atoms with E-state index < -0.39 is 6.09 Å². The number of anilines is 1. The van der Waals surface area contributed by atoms with Gasteiger partial charge >= 0.3 is 6.09 Å². The molecule has 0 aliphatic carbocycles. The molecule has 0 saturated carbocycles. The van der Waals surface area contributed by atoms with Gasteiger partial charge in [-0.3, -0.25) is 4.79 Å². The first-order valence-corrected chi connectivity index (χ1v) is 10.4. The summed E-state index contributed by atoms with van der Waals surface area (Å²) < 4.78 is 5.29. The number of alkyl carbamates (subject to hydrolysis) is 1. The Hall–Kier alpha value is -2.57. The van der Waals surface area contributed by atoms with Gasteiger partial charge in [0.25, 0.3) is 0 Å². The zero-order valence-corrected chi connectivity index (χ0v) is 19.6. The van der Waals surface area contributed by atoms with Crippen LogP contribution in [0.25, 0.3) is 11.1 Å². The zero-order valence-electron chi connectivity index (χ0n) is 18.8. The van der Waals surface area contributed by atoms with Crippen LogP contribution in [0.1, 0.15) is 51.3 Å². The van der Waals surface area contributed by atoms with Crippen LogP contribution in [0.4, 0.5) is 10.5 Å². The third kappa shape index (κ3) is 5.77. The molecule has 3 rings (SSSR count). The highest BCUT2D eigenvalue weighted by Crippen LogP contribution is 2.39. The van der Waals surface area contributed by atoms with Crippen LogP contribution in [0.2, 0.25) is 0 Å². The summed E-state index contributed by atoms with van der Waals surface area (Å²) in [6.45, 7) is 8.05. The Morgan fingerprint density at radius 1 is 1.13 bits per heavy atom. The van der Waals surface area contributed by atoms with E-state index >= 15 is 0 Å². The molecule has 1 heterocycles. The summed E-state index contributed by atoms with van der Waals surface area (Å²) >= 11 is 0. The van der Waals surface area contributed by atoms with Crippen LogP contribution in [0, 0.1) is 0 Å². The molecule has 0 radical (unpaired) electrons. The van der Waals surface area contributed by atoms with E-state index in [9.17, 15) is 9.59 Å². The monoisotopic (exact) mass is 445 g/mol. The molecule has 2 atom stereocenters. The van der Waals surface area contributed by atoms with Gasteiger partial charge in [-0.25, -0.2) is 4.79 Å². The molecule has 31 heavy (non-hydrogen) atoms. The SMILES string of the molecule is CNCc1ccc(-c2ccc3c(c2)[C@H](NC(=O)OC(C)C)C[C@H](C)N3C(C)=O)cc1.Cl. The van der Waals surface area contributed by atoms with Gasteiger partial charge in [-0.2, -0.15) is 0 Å². The summed E-state index contributed by atoms with van der Waals surface area (Å²) in [5.74, 6) is -0.00359. The Kier molecular flexibility index (Phi) is 8.48. The Morgan fingerprint density at radius 2 is 1.77 bits per heavy atom. The second-order valence-electron chi connectivity index (χ2n) is 8.13. The molecule has 0 saturated heterocycles. The van der Waals surface area contributed by atoms with Crippen molar-refractivity contribution in [3.63, 3.8) is 0 Å². The number of carbonyl (C=O) groups is 2. The standard InChI is InChI=1S/C24H31N3O3.ClH/c1-15(2)30-24(29)26-22-12-16(3)27(17(4)28)23-11-10-20(13-21(22)23)19-8-6-18(7-9-19)14-25-5;/h6-11,13,15-16,22,25H,12,14H2,1-5H3,(H,26,29);1H/t16-,22+;/m0./s1. The van der Waals surface area contributed by atoms with Gasteiger partial charge in [0.05, 0.1) is 12.1 Å². The number of amides is 2. The van der Waals surface area contributed by atoms with Crippen LogP contribution < -0.4 is 15.5 Å². The van der Waals surface area contributed by atoms with Gasteiger partial charge in [-0.05, 0) is 68.6 Å². The minimum Gasteiger partial charge on any atom is -0.447 e. The lowest BCUT2D eigenvalue weighted by Crippen LogP contribution is -2.45. The van der Waals surface area contributed by atoms with Crippen molar-refractivity contribution >= 4 is 30.1 Å². The Balaban J connectivity index is 0.00000341. The normalized spacial score (nSPS) is 17.5. The minimum atomic E-state index is -0.439. The number of benzene rings is 2. The van der Waals surface area contributed by atoms with Crippen LogP contribution in [0.5, 0.6) is 0 Å². The molecule has 168 valence electrons. The number of rotatable bonds is 5. The summed E-state index contributed by atoms with van der Waals surface area (Å²) in [5, 5.41) is 6.14. The minimum absolute atomic E-state index is 0. The lowest BCUT2D eigenvalue weighted by molar-refractivity contribution is -0.117. The van der Waals surface area contributed by atoms with E-state index in [2.05, 4.69) is 41.0 Å². The summed E-state index contributed by atoms with van der Waals surface area (Å²) in [5.41, 5.74) is 5.13. The van der Waals surface area contributed by atoms with Crippen molar-refractivity contribution in [1.82, 2.24) is 10.6 Å². The van der Waals surface area contributed by atoms with E-state index in [4.69, 9.17) is 4.74 Å². The van der Waals surface area contributed by atoms with Gasteiger partial charge in [0.1, 0.15) is 0 Å². The molecule has 1 aliphatic heterocycles. The molecule has 1 aliphatic rings. The van der Waals surface area contributed by atoms with E-state index in [0.29, 0.717) is 6.42 Å². The maximum atomic E-state index is 12.3. The van der Waals surface area contributed by atoms with E-state index in [1.54, 1.807) is 11.8 Å². The molecular formula is C24H32ClN3O3. The maximum Gasteiger partial charge on any atom is 0.407 e. The van der Waals surface area contributed by atoms with Crippen molar-refractivity contribution in [2.75, 3.05) is 11.9 Å². The third-order valence-electron chi connectivity index (χ3n) is 5.32. The van der Waals surface area contributed by atoms with Crippen molar-refractivity contribution < 1.29 is 14.3 Å². The predicted molar refractivity (Wildman–Crippen MR) is 127 cm³/mol. The van der Waals surface area contributed by atoms with Crippen molar-refractivity contribution in [3.05, 3.63) is 53.6 Å². The molecule has 2 aromatic carbocycles. The number of halogens is 1. The summed E-state index contributed by atoms with van der Waals surface area (Å²) in [6, 6.07) is 14.2.